The minimum Gasteiger partial charge on any atom is -0.381 e. The van der Waals surface area contributed by atoms with Gasteiger partial charge in [0.1, 0.15) is 0 Å². The average Bonchev–Trinajstić information content (AvgIpc) is 3.10. The number of hydrogen-bond acceptors (Lipinski definition) is 3. The Hall–Kier alpha value is -2.66. The number of ether oxygens (including phenoxy) is 1. The van der Waals surface area contributed by atoms with Crippen molar-refractivity contribution in [3.8, 4) is 0 Å². The van der Waals surface area contributed by atoms with Gasteiger partial charge in [-0.15, -0.1) is 0 Å². The number of pyridine rings is 1. The molecule has 1 amide bonds. The monoisotopic (exact) mass is 349 g/mol. The Bertz CT molecular complexity index is 869. The fourth-order valence-corrected chi connectivity index (χ4v) is 3.76. The standard InChI is InChI=1S/C21H23N3O2/c25-20(12-17-14-23-19-6-2-1-5-18(17)19)24-21(15-7-10-26-11-8-15)16-4-3-9-22-13-16/h1-6,9,13-15,21,23H,7-8,10-12H2,(H,24,25)/t21-/m0/s1. The van der Waals surface area contributed by atoms with Gasteiger partial charge in [-0.2, -0.15) is 0 Å². The number of carbonyl (C=O) groups excluding carboxylic acids is 1. The molecule has 0 aliphatic carbocycles. The molecule has 2 N–H and O–H groups in total. The summed E-state index contributed by atoms with van der Waals surface area (Å²) in [5, 5.41) is 4.36. The molecule has 1 aromatic carbocycles. The first-order chi connectivity index (χ1) is 12.8. The summed E-state index contributed by atoms with van der Waals surface area (Å²) < 4.78 is 5.49. The number of rotatable bonds is 5. The number of nitrogens with zero attached hydrogens (tertiary/aromatic N) is 1. The van der Waals surface area contributed by atoms with E-state index in [1.165, 1.54) is 0 Å². The van der Waals surface area contributed by atoms with Crippen LogP contribution in [0.15, 0.2) is 55.0 Å². The molecule has 5 heteroatoms. The van der Waals surface area contributed by atoms with Gasteiger partial charge in [-0.25, -0.2) is 0 Å². The molecular weight excluding hydrogens is 326 g/mol. The molecule has 1 atom stereocenters. The largest absolute Gasteiger partial charge is 0.381 e. The maximum atomic E-state index is 12.8. The number of nitrogens with one attached hydrogen (secondary N) is 2. The van der Waals surface area contributed by atoms with E-state index in [-0.39, 0.29) is 11.9 Å². The summed E-state index contributed by atoms with van der Waals surface area (Å²) in [6, 6.07) is 12.0. The van der Waals surface area contributed by atoms with Gasteiger partial charge in [0.2, 0.25) is 5.91 Å². The molecule has 4 rings (SSSR count). The Balaban J connectivity index is 1.52. The van der Waals surface area contributed by atoms with Crippen LogP contribution in [0.5, 0.6) is 0 Å². The first-order valence-electron chi connectivity index (χ1n) is 9.13. The zero-order chi connectivity index (χ0) is 17.8. The number of H-pyrrole nitrogens is 1. The van der Waals surface area contributed by atoms with Gasteiger partial charge in [0, 0.05) is 42.7 Å². The van der Waals surface area contributed by atoms with Gasteiger partial charge in [-0.1, -0.05) is 24.3 Å². The minimum absolute atomic E-state index is 0.0229. The quantitative estimate of drug-likeness (QED) is 0.742. The first-order valence-corrected chi connectivity index (χ1v) is 9.13. The molecule has 1 fully saturated rings. The number of benzene rings is 1. The Labute approximate surface area is 152 Å². The van der Waals surface area contributed by atoms with Crippen molar-refractivity contribution < 1.29 is 9.53 Å². The summed E-state index contributed by atoms with van der Waals surface area (Å²) in [5.74, 6) is 0.412. The Morgan fingerprint density at radius 1 is 1.23 bits per heavy atom. The van der Waals surface area contributed by atoms with Crippen molar-refractivity contribution >= 4 is 16.8 Å². The zero-order valence-corrected chi connectivity index (χ0v) is 14.7. The molecule has 2 aromatic heterocycles. The molecule has 0 spiro atoms. The summed E-state index contributed by atoms with van der Waals surface area (Å²) in [7, 11) is 0. The fourth-order valence-electron chi connectivity index (χ4n) is 3.76. The van der Waals surface area contributed by atoms with Crippen LogP contribution in [-0.2, 0) is 16.0 Å². The summed E-state index contributed by atoms with van der Waals surface area (Å²) in [4.78, 5) is 20.3. The van der Waals surface area contributed by atoms with Crippen LogP contribution in [0.1, 0.15) is 30.0 Å². The van der Waals surface area contributed by atoms with Crippen LogP contribution in [-0.4, -0.2) is 29.1 Å². The molecule has 1 aliphatic rings. The molecule has 1 saturated heterocycles. The van der Waals surface area contributed by atoms with Crippen LogP contribution in [0.3, 0.4) is 0 Å². The van der Waals surface area contributed by atoms with E-state index < -0.39 is 0 Å². The summed E-state index contributed by atoms with van der Waals surface area (Å²) >= 11 is 0. The van der Waals surface area contributed by atoms with Crippen LogP contribution in [0.25, 0.3) is 10.9 Å². The van der Waals surface area contributed by atoms with Crippen molar-refractivity contribution in [3.63, 3.8) is 0 Å². The number of hydrogen-bond donors (Lipinski definition) is 2. The Morgan fingerprint density at radius 3 is 2.88 bits per heavy atom. The van der Waals surface area contributed by atoms with E-state index in [2.05, 4.69) is 15.3 Å². The number of para-hydroxylation sites is 1. The van der Waals surface area contributed by atoms with E-state index in [9.17, 15) is 4.79 Å². The lowest BCUT2D eigenvalue weighted by atomic mass is 9.87. The Kier molecular flexibility index (Phi) is 4.97. The van der Waals surface area contributed by atoms with Crippen LogP contribution < -0.4 is 5.32 Å². The highest BCUT2D eigenvalue weighted by Crippen LogP contribution is 2.30. The molecule has 1 aliphatic heterocycles. The van der Waals surface area contributed by atoms with Crippen molar-refractivity contribution in [2.75, 3.05) is 13.2 Å². The summed E-state index contributed by atoms with van der Waals surface area (Å²) in [6.07, 6.45) is 7.81. The third-order valence-corrected chi connectivity index (χ3v) is 5.12. The third-order valence-electron chi connectivity index (χ3n) is 5.12. The lowest BCUT2D eigenvalue weighted by Gasteiger charge is -2.31. The van der Waals surface area contributed by atoms with E-state index in [4.69, 9.17) is 4.74 Å². The van der Waals surface area contributed by atoms with Gasteiger partial charge in [-0.3, -0.25) is 9.78 Å². The van der Waals surface area contributed by atoms with Gasteiger partial charge in [0.05, 0.1) is 12.5 Å². The number of carbonyl (C=O) groups is 1. The van der Waals surface area contributed by atoms with Crippen molar-refractivity contribution in [3.05, 3.63) is 66.1 Å². The number of aromatic nitrogens is 2. The summed E-state index contributed by atoms with van der Waals surface area (Å²) in [6.45, 7) is 1.50. The van der Waals surface area contributed by atoms with Crippen molar-refractivity contribution in [1.29, 1.82) is 0 Å². The second-order valence-corrected chi connectivity index (χ2v) is 6.82. The smallest absolute Gasteiger partial charge is 0.224 e. The molecule has 26 heavy (non-hydrogen) atoms. The molecular formula is C21H23N3O2. The third kappa shape index (κ3) is 3.63. The average molecular weight is 349 g/mol. The number of aromatic amines is 1. The molecule has 0 bridgehead atoms. The van der Waals surface area contributed by atoms with Crippen LogP contribution >= 0.6 is 0 Å². The van der Waals surface area contributed by atoms with Crippen LogP contribution in [0.2, 0.25) is 0 Å². The van der Waals surface area contributed by atoms with Crippen molar-refractivity contribution in [1.82, 2.24) is 15.3 Å². The van der Waals surface area contributed by atoms with Gasteiger partial charge in [0.25, 0.3) is 0 Å². The molecule has 134 valence electrons. The number of amides is 1. The van der Waals surface area contributed by atoms with Gasteiger partial charge >= 0.3 is 0 Å². The maximum absolute atomic E-state index is 12.8. The van der Waals surface area contributed by atoms with Crippen LogP contribution in [0, 0.1) is 5.92 Å². The molecule has 0 unspecified atom stereocenters. The van der Waals surface area contributed by atoms with E-state index in [1.54, 1.807) is 6.20 Å². The molecule has 3 heterocycles. The highest BCUT2D eigenvalue weighted by molar-refractivity contribution is 5.89. The van der Waals surface area contributed by atoms with E-state index in [1.807, 2.05) is 48.8 Å². The van der Waals surface area contributed by atoms with E-state index in [0.29, 0.717) is 12.3 Å². The van der Waals surface area contributed by atoms with Crippen molar-refractivity contribution in [2.45, 2.75) is 25.3 Å². The fraction of sp³-hybridized carbons (Fsp3) is 0.333. The van der Waals surface area contributed by atoms with Gasteiger partial charge in [-0.05, 0) is 42.0 Å². The highest BCUT2D eigenvalue weighted by Gasteiger charge is 2.27. The topological polar surface area (TPSA) is 67.0 Å². The molecule has 0 saturated carbocycles. The minimum atomic E-state index is -0.0229. The van der Waals surface area contributed by atoms with E-state index in [0.717, 1.165) is 48.1 Å². The maximum Gasteiger partial charge on any atom is 0.224 e. The number of fused-ring (bicyclic) bond motifs is 1. The predicted molar refractivity (Wildman–Crippen MR) is 101 cm³/mol. The van der Waals surface area contributed by atoms with E-state index >= 15 is 0 Å². The second kappa shape index (κ2) is 7.70. The first kappa shape index (κ1) is 16.8. The molecule has 0 radical (unpaired) electrons. The van der Waals surface area contributed by atoms with Gasteiger partial charge < -0.3 is 15.0 Å². The normalized spacial score (nSPS) is 16.5. The van der Waals surface area contributed by atoms with Gasteiger partial charge in [0.15, 0.2) is 0 Å². The second-order valence-electron chi connectivity index (χ2n) is 6.82. The lowest BCUT2D eigenvalue weighted by molar-refractivity contribution is -0.121. The lowest BCUT2D eigenvalue weighted by Crippen LogP contribution is -2.36. The highest BCUT2D eigenvalue weighted by atomic mass is 16.5. The predicted octanol–water partition coefficient (Wildman–Crippen LogP) is 3.39. The Morgan fingerprint density at radius 2 is 2.08 bits per heavy atom. The van der Waals surface area contributed by atoms with Crippen LogP contribution in [0.4, 0.5) is 0 Å². The summed E-state index contributed by atoms with van der Waals surface area (Å²) in [5.41, 5.74) is 3.14. The SMILES string of the molecule is O=C(Cc1c[nH]c2ccccc12)N[C@H](c1cccnc1)C1CCOCC1. The molecule has 3 aromatic rings. The molecule has 5 nitrogen and oxygen atoms in total. The van der Waals surface area contributed by atoms with Crippen molar-refractivity contribution in [2.24, 2.45) is 5.92 Å². The zero-order valence-electron chi connectivity index (χ0n) is 14.7.